The van der Waals surface area contributed by atoms with Crippen molar-refractivity contribution in [3.05, 3.63) is 33.8 Å². The molecule has 1 amide bonds. The van der Waals surface area contributed by atoms with E-state index >= 15 is 0 Å². The van der Waals surface area contributed by atoms with Gasteiger partial charge in [-0.2, -0.15) is 0 Å². The van der Waals surface area contributed by atoms with Gasteiger partial charge in [0.2, 0.25) is 5.91 Å². The fourth-order valence-electron chi connectivity index (χ4n) is 1.35. The van der Waals surface area contributed by atoms with Gasteiger partial charge in [0.25, 0.3) is 0 Å². The number of hydrogen-bond donors (Lipinski definition) is 2. The van der Waals surface area contributed by atoms with Crippen LogP contribution in [-0.4, -0.2) is 17.0 Å². The number of rotatable bonds is 5. The van der Waals surface area contributed by atoms with Gasteiger partial charge in [-0.05, 0) is 23.8 Å². The second kappa shape index (κ2) is 6.61. The largest absolute Gasteiger partial charge is 0.481 e. The predicted octanol–water partition coefficient (Wildman–Crippen LogP) is 2.72. The van der Waals surface area contributed by atoms with Crippen LogP contribution in [0.1, 0.15) is 18.9 Å². The molecule has 2 N–H and O–H groups in total. The van der Waals surface area contributed by atoms with Crippen molar-refractivity contribution in [3.63, 3.8) is 0 Å². The third kappa shape index (κ3) is 4.94. The summed E-state index contributed by atoms with van der Waals surface area (Å²) in [6.07, 6.45) is -0.0520. The number of hydrogen-bond acceptors (Lipinski definition) is 2. The molecule has 1 atom stereocenters. The van der Waals surface area contributed by atoms with Crippen LogP contribution >= 0.6 is 23.2 Å². The van der Waals surface area contributed by atoms with Crippen molar-refractivity contribution in [1.82, 2.24) is 5.32 Å². The molecule has 1 aromatic carbocycles. The van der Waals surface area contributed by atoms with E-state index in [4.69, 9.17) is 28.3 Å². The minimum absolute atomic E-state index is 0.0520. The minimum Gasteiger partial charge on any atom is -0.481 e. The molecule has 0 aliphatic rings. The highest BCUT2D eigenvalue weighted by Crippen LogP contribution is 2.18. The lowest BCUT2D eigenvalue weighted by molar-refractivity contribution is -0.143. The number of nitrogens with one attached hydrogen (secondary N) is 1. The Kier molecular flexibility index (Phi) is 5.44. The van der Waals surface area contributed by atoms with Gasteiger partial charge in [-0.1, -0.05) is 30.1 Å². The van der Waals surface area contributed by atoms with Crippen molar-refractivity contribution < 1.29 is 14.7 Å². The van der Waals surface area contributed by atoms with Gasteiger partial charge < -0.3 is 10.4 Å². The van der Waals surface area contributed by atoms with Crippen molar-refractivity contribution in [2.24, 2.45) is 5.92 Å². The summed E-state index contributed by atoms with van der Waals surface area (Å²) in [5.41, 5.74) is 0.767. The first-order valence-electron chi connectivity index (χ1n) is 5.33. The Hall–Kier alpha value is -1.26. The van der Waals surface area contributed by atoms with Crippen molar-refractivity contribution in [2.75, 3.05) is 0 Å². The van der Waals surface area contributed by atoms with Crippen molar-refractivity contribution in [1.29, 1.82) is 0 Å². The van der Waals surface area contributed by atoms with Gasteiger partial charge in [-0.15, -0.1) is 0 Å². The van der Waals surface area contributed by atoms with Crippen LogP contribution in [0.5, 0.6) is 0 Å². The summed E-state index contributed by atoms with van der Waals surface area (Å²) in [4.78, 5) is 22.0. The van der Waals surface area contributed by atoms with Gasteiger partial charge in [-0.25, -0.2) is 0 Å². The Morgan fingerprint density at radius 1 is 1.28 bits per heavy atom. The summed E-state index contributed by atoms with van der Waals surface area (Å²) in [6.45, 7) is 1.75. The maximum Gasteiger partial charge on any atom is 0.306 e. The first-order valence-corrected chi connectivity index (χ1v) is 6.08. The summed E-state index contributed by atoms with van der Waals surface area (Å²) in [6, 6.07) is 4.98. The van der Waals surface area contributed by atoms with E-state index in [0.29, 0.717) is 10.0 Å². The Balaban J connectivity index is 2.50. The lowest BCUT2D eigenvalue weighted by Crippen LogP contribution is -2.26. The van der Waals surface area contributed by atoms with Crippen LogP contribution in [0.25, 0.3) is 0 Å². The number of aliphatic carboxylic acids is 1. The van der Waals surface area contributed by atoms with Crippen LogP contribution in [-0.2, 0) is 16.1 Å². The van der Waals surface area contributed by atoms with E-state index in [9.17, 15) is 9.59 Å². The molecular formula is C12H13Cl2NO3. The average molecular weight is 290 g/mol. The third-order valence-corrected chi connectivity index (χ3v) is 2.76. The summed E-state index contributed by atoms with van der Waals surface area (Å²) in [7, 11) is 0. The smallest absolute Gasteiger partial charge is 0.306 e. The highest BCUT2D eigenvalue weighted by atomic mass is 35.5. The van der Waals surface area contributed by atoms with Crippen LogP contribution in [0.3, 0.4) is 0 Å². The van der Waals surface area contributed by atoms with E-state index in [1.165, 1.54) is 6.92 Å². The van der Waals surface area contributed by atoms with Gasteiger partial charge in [0, 0.05) is 23.0 Å². The minimum atomic E-state index is -0.990. The molecule has 0 bridgehead atoms. The Morgan fingerprint density at radius 3 is 2.33 bits per heavy atom. The van der Waals surface area contributed by atoms with Crippen LogP contribution < -0.4 is 5.32 Å². The van der Waals surface area contributed by atoms with Gasteiger partial charge in [0.15, 0.2) is 0 Å². The van der Waals surface area contributed by atoms with Crippen molar-refractivity contribution in [2.45, 2.75) is 19.9 Å². The molecule has 0 radical (unpaired) electrons. The standard InChI is InChI=1S/C12H13Cl2NO3/c1-7(12(17)18)2-11(16)15-6-8-3-9(13)5-10(14)4-8/h3-5,7H,2,6H2,1H3,(H,15,16)(H,17,18). The molecule has 98 valence electrons. The maximum atomic E-state index is 11.5. The quantitative estimate of drug-likeness (QED) is 0.876. The fraction of sp³-hybridized carbons (Fsp3) is 0.333. The molecule has 1 aromatic rings. The number of amides is 1. The Morgan fingerprint density at radius 2 is 1.83 bits per heavy atom. The normalized spacial score (nSPS) is 11.9. The van der Waals surface area contributed by atoms with E-state index in [1.807, 2.05) is 0 Å². The second-order valence-corrected chi connectivity index (χ2v) is 4.87. The molecule has 0 aliphatic heterocycles. The van der Waals surface area contributed by atoms with E-state index in [-0.39, 0.29) is 18.9 Å². The first-order chi connectivity index (χ1) is 8.38. The Labute approximate surface area is 115 Å². The number of carboxylic acids is 1. The average Bonchev–Trinajstić information content (AvgIpc) is 2.25. The topological polar surface area (TPSA) is 66.4 Å². The zero-order valence-corrected chi connectivity index (χ0v) is 11.3. The molecule has 18 heavy (non-hydrogen) atoms. The summed E-state index contributed by atoms with van der Waals surface area (Å²) in [5.74, 6) is -2.01. The number of benzene rings is 1. The lowest BCUT2D eigenvalue weighted by atomic mass is 10.1. The van der Waals surface area contributed by atoms with E-state index < -0.39 is 11.9 Å². The fourth-order valence-corrected chi connectivity index (χ4v) is 1.92. The molecule has 1 rings (SSSR count). The summed E-state index contributed by atoms with van der Waals surface area (Å²) >= 11 is 11.6. The van der Waals surface area contributed by atoms with Crippen LogP contribution in [0.15, 0.2) is 18.2 Å². The molecule has 6 heteroatoms. The number of carbonyl (C=O) groups is 2. The van der Waals surface area contributed by atoms with E-state index in [1.54, 1.807) is 18.2 Å². The lowest BCUT2D eigenvalue weighted by Gasteiger charge is -2.08. The third-order valence-electron chi connectivity index (χ3n) is 2.33. The van der Waals surface area contributed by atoms with E-state index in [0.717, 1.165) is 5.56 Å². The predicted molar refractivity (Wildman–Crippen MR) is 69.7 cm³/mol. The molecule has 0 aliphatic carbocycles. The number of halogens is 2. The van der Waals surface area contributed by atoms with Crippen molar-refractivity contribution in [3.8, 4) is 0 Å². The molecular weight excluding hydrogens is 277 g/mol. The van der Waals surface area contributed by atoms with Crippen molar-refractivity contribution >= 4 is 35.1 Å². The SMILES string of the molecule is CC(CC(=O)NCc1cc(Cl)cc(Cl)c1)C(=O)O. The van der Waals surface area contributed by atoms with E-state index in [2.05, 4.69) is 5.32 Å². The second-order valence-electron chi connectivity index (χ2n) is 4.00. The summed E-state index contributed by atoms with van der Waals surface area (Å²) in [5, 5.41) is 12.3. The van der Waals surface area contributed by atoms with Crippen LogP contribution in [0.2, 0.25) is 10.0 Å². The molecule has 0 aromatic heterocycles. The molecule has 0 heterocycles. The van der Waals surface area contributed by atoms with Crippen LogP contribution in [0.4, 0.5) is 0 Å². The van der Waals surface area contributed by atoms with Crippen LogP contribution in [0, 0.1) is 5.92 Å². The van der Waals surface area contributed by atoms with Gasteiger partial charge in [0.1, 0.15) is 0 Å². The number of carboxylic acid groups (broad SMARTS) is 1. The molecule has 0 saturated carbocycles. The summed E-state index contributed by atoms with van der Waals surface area (Å²) < 4.78 is 0. The highest BCUT2D eigenvalue weighted by molar-refractivity contribution is 6.34. The Bertz CT molecular complexity index is 442. The molecule has 4 nitrogen and oxygen atoms in total. The monoisotopic (exact) mass is 289 g/mol. The first kappa shape index (κ1) is 14.8. The zero-order chi connectivity index (χ0) is 13.7. The highest BCUT2D eigenvalue weighted by Gasteiger charge is 2.15. The molecule has 0 saturated heterocycles. The molecule has 0 spiro atoms. The van der Waals surface area contributed by atoms with Gasteiger partial charge in [-0.3, -0.25) is 9.59 Å². The molecule has 0 fully saturated rings. The zero-order valence-electron chi connectivity index (χ0n) is 9.74. The van der Waals surface area contributed by atoms with Gasteiger partial charge >= 0.3 is 5.97 Å². The maximum absolute atomic E-state index is 11.5. The van der Waals surface area contributed by atoms with Gasteiger partial charge in [0.05, 0.1) is 5.92 Å². The number of carbonyl (C=O) groups excluding carboxylic acids is 1. The molecule has 1 unspecified atom stereocenters.